The predicted octanol–water partition coefficient (Wildman–Crippen LogP) is 3.46. The Bertz CT molecular complexity index is 564. The summed E-state index contributed by atoms with van der Waals surface area (Å²) in [7, 11) is 0. The molecule has 96 valence electrons. The summed E-state index contributed by atoms with van der Waals surface area (Å²) in [4.78, 5) is 4.18. The molecule has 0 aliphatic rings. The van der Waals surface area contributed by atoms with Crippen molar-refractivity contribution >= 4 is 11.3 Å². The normalized spacial score (nSPS) is 11.8. The molecule has 1 aromatic carbocycles. The van der Waals surface area contributed by atoms with Crippen LogP contribution in [0.5, 0.6) is 0 Å². The van der Waals surface area contributed by atoms with Crippen LogP contribution in [-0.4, -0.2) is 10.1 Å². The summed E-state index contributed by atoms with van der Waals surface area (Å²) in [6.45, 7) is -0.311. The highest BCUT2D eigenvalue weighted by molar-refractivity contribution is 7.15. The Morgan fingerprint density at radius 1 is 1.28 bits per heavy atom. The van der Waals surface area contributed by atoms with E-state index in [1.165, 1.54) is 6.20 Å². The van der Waals surface area contributed by atoms with Gasteiger partial charge in [-0.1, -0.05) is 0 Å². The summed E-state index contributed by atoms with van der Waals surface area (Å²) in [5.41, 5.74) is -1.25. The van der Waals surface area contributed by atoms with Gasteiger partial charge in [-0.05, 0) is 18.2 Å². The molecule has 0 atom stereocenters. The Morgan fingerprint density at radius 3 is 2.56 bits per heavy atom. The zero-order valence-corrected chi connectivity index (χ0v) is 9.65. The summed E-state index contributed by atoms with van der Waals surface area (Å²) in [6, 6.07) is 2.24. The summed E-state index contributed by atoms with van der Waals surface area (Å²) in [5, 5.41) is 8.89. The van der Waals surface area contributed by atoms with Crippen LogP contribution >= 0.6 is 11.3 Å². The van der Waals surface area contributed by atoms with Gasteiger partial charge >= 0.3 is 6.18 Å². The number of rotatable bonds is 2. The number of aliphatic hydroxyl groups is 1. The lowest BCUT2D eigenvalue weighted by Crippen LogP contribution is -2.07. The fraction of sp³-hybridized carbons (Fsp3) is 0.182. The van der Waals surface area contributed by atoms with Gasteiger partial charge in [0.25, 0.3) is 0 Å². The monoisotopic (exact) mass is 277 g/mol. The molecule has 0 aliphatic heterocycles. The van der Waals surface area contributed by atoms with Gasteiger partial charge in [-0.2, -0.15) is 13.2 Å². The van der Waals surface area contributed by atoms with Crippen LogP contribution in [0.2, 0.25) is 0 Å². The number of nitrogens with zero attached hydrogens (tertiary/aromatic N) is 1. The summed E-state index contributed by atoms with van der Waals surface area (Å²) >= 11 is 0.897. The van der Waals surface area contributed by atoms with Gasteiger partial charge in [-0.15, -0.1) is 11.3 Å². The molecule has 0 bridgehead atoms. The minimum Gasteiger partial charge on any atom is -0.391 e. The molecule has 0 saturated heterocycles. The van der Waals surface area contributed by atoms with Gasteiger partial charge < -0.3 is 5.11 Å². The van der Waals surface area contributed by atoms with Gasteiger partial charge in [0.15, 0.2) is 0 Å². The third-order valence-electron chi connectivity index (χ3n) is 2.23. The van der Waals surface area contributed by atoms with Crippen molar-refractivity contribution in [1.82, 2.24) is 4.98 Å². The number of aliphatic hydroxyl groups excluding tert-OH is 1. The first-order valence-corrected chi connectivity index (χ1v) is 5.66. The van der Waals surface area contributed by atoms with E-state index in [0.29, 0.717) is 10.9 Å². The molecule has 2 rings (SSSR count). The molecule has 0 fully saturated rings. The highest BCUT2D eigenvalue weighted by atomic mass is 32.1. The Hall–Kier alpha value is -1.47. The second kappa shape index (κ2) is 4.66. The van der Waals surface area contributed by atoms with Gasteiger partial charge in [-0.25, -0.2) is 9.37 Å². The van der Waals surface area contributed by atoms with Crippen molar-refractivity contribution in [2.45, 2.75) is 12.8 Å². The molecule has 2 nitrogen and oxygen atoms in total. The number of benzene rings is 1. The molecule has 1 aromatic heterocycles. The zero-order chi connectivity index (χ0) is 13.3. The maximum absolute atomic E-state index is 13.1. The molecule has 0 saturated carbocycles. The second-order valence-electron chi connectivity index (χ2n) is 3.48. The lowest BCUT2D eigenvalue weighted by atomic mass is 10.1. The molecule has 7 heteroatoms. The SMILES string of the molecule is OCc1cnc(-c2cc(F)ccc2C(F)(F)F)s1. The van der Waals surface area contributed by atoms with Crippen molar-refractivity contribution in [1.29, 1.82) is 0 Å². The average Bonchev–Trinajstić information content (AvgIpc) is 2.75. The molecule has 18 heavy (non-hydrogen) atoms. The molecule has 0 aliphatic carbocycles. The topological polar surface area (TPSA) is 33.1 Å². The Kier molecular flexibility index (Phi) is 3.36. The van der Waals surface area contributed by atoms with E-state index >= 15 is 0 Å². The van der Waals surface area contributed by atoms with Crippen LogP contribution in [-0.2, 0) is 12.8 Å². The molecular formula is C11H7F4NOS. The highest BCUT2D eigenvalue weighted by Crippen LogP contribution is 2.38. The van der Waals surface area contributed by atoms with E-state index in [0.717, 1.165) is 23.5 Å². The Morgan fingerprint density at radius 2 is 2.00 bits per heavy atom. The lowest BCUT2D eigenvalue weighted by Gasteiger charge is -2.10. The molecule has 0 amide bonds. The standard InChI is InChI=1S/C11H7F4NOS/c12-6-1-2-9(11(13,14)15)8(3-6)10-16-4-7(5-17)18-10/h1-4,17H,5H2. The smallest absolute Gasteiger partial charge is 0.391 e. The molecule has 0 spiro atoms. The van der Waals surface area contributed by atoms with Gasteiger partial charge in [-0.3, -0.25) is 0 Å². The fourth-order valence-electron chi connectivity index (χ4n) is 1.45. The van der Waals surface area contributed by atoms with E-state index in [2.05, 4.69) is 4.98 Å². The van der Waals surface area contributed by atoms with Crippen molar-refractivity contribution in [2.24, 2.45) is 0 Å². The van der Waals surface area contributed by atoms with Gasteiger partial charge in [0.2, 0.25) is 0 Å². The van der Waals surface area contributed by atoms with Crippen LogP contribution in [0.3, 0.4) is 0 Å². The van der Waals surface area contributed by atoms with Crippen LogP contribution in [0.25, 0.3) is 10.6 Å². The van der Waals surface area contributed by atoms with E-state index in [9.17, 15) is 17.6 Å². The maximum atomic E-state index is 13.1. The predicted molar refractivity (Wildman–Crippen MR) is 58.4 cm³/mol. The van der Waals surface area contributed by atoms with Crippen molar-refractivity contribution in [3.05, 3.63) is 40.7 Å². The number of aromatic nitrogens is 1. The average molecular weight is 277 g/mol. The van der Waals surface area contributed by atoms with Gasteiger partial charge in [0, 0.05) is 11.8 Å². The Balaban J connectivity index is 2.58. The van der Waals surface area contributed by atoms with Crippen LogP contribution in [0, 0.1) is 5.82 Å². The molecular weight excluding hydrogens is 270 g/mol. The van der Waals surface area contributed by atoms with Crippen molar-refractivity contribution in [3.8, 4) is 10.6 Å². The van der Waals surface area contributed by atoms with Crippen LogP contribution in [0.15, 0.2) is 24.4 Å². The minimum atomic E-state index is -4.58. The molecule has 0 radical (unpaired) electrons. The first kappa shape index (κ1) is 13.0. The number of thiazole rings is 1. The van der Waals surface area contributed by atoms with E-state index in [-0.39, 0.29) is 17.2 Å². The molecule has 2 aromatic rings. The zero-order valence-electron chi connectivity index (χ0n) is 8.83. The summed E-state index contributed by atoms with van der Waals surface area (Å²) in [5.74, 6) is -0.765. The first-order valence-electron chi connectivity index (χ1n) is 4.84. The first-order chi connectivity index (χ1) is 8.41. The largest absolute Gasteiger partial charge is 0.417 e. The number of alkyl halides is 3. The highest BCUT2D eigenvalue weighted by Gasteiger charge is 2.34. The number of halogens is 4. The Labute approximate surface area is 104 Å². The van der Waals surface area contributed by atoms with Crippen LogP contribution in [0.4, 0.5) is 17.6 Å². The van der Waals surface area contributed by atoms with Crippen LogP contribution in [0.1, 0.15) is 10.4 Å². The molecule has 0 unspecified atom stereocenters. The maximum Gasteiger partial charge on any atom is 0.417 e. The summed E-state index contributed by atoms with van der Waals surface area (Å²) in [6.07, 6.45) is -3.31. The minimum absolute atomic E-state index is 0.0332. The van der Waals surface area contributed by atoms with Crippen molar-refractivity contribution in [3.63, 3.8) is 0 Å². The number of hydrogen-bond acceptors (Lipinski definition) is 3. The fourth-order valence-corrected chi connectivity index (χ4v) is 2.25. The van der Waals surface area contributed by atoms with Gasteiger partial charge in [0.1, 0.15) is 10.8 Å². The quantitative estimate of drug-likeness (QED) is 0.853. The summed E-state index contributed by atoms with van der Waals surface area (Å²) < 4.78 is 51.3. The molecule has 1 N–H and O–H groups in total. The van der Waals surface area contributed by atoms with Gasteiger partial charge in [0.05, 0.1) is 17.0 Å². The number of hydrogen-bond donors (Lipinski definition) is 1. The van der Waals surface area contributed by atoms with E-state index < -0.39 is 17.6 Å². The van der Waals surface area contributed by atoms with E-state index in [1.54, 1.807) is 0 Å². The second-order valence-corrected chi connectivity index (χ2v) is 4.59. The van der Waals surface area contributed by atoms with E-state index in [4.69, 9.17) is 5.11 Å². The van der Waals surface area contributed by atoms with Crippen molar-refractivity contribution in [2.75, 3.05) is 0 Å². The molecule has 1 heterocycles. The van der Waals surface area contributed by atoms with Crippen molar-refractivity contribution < 1.29 is 22.7 Å². The van der Waals surface area contributed by atoms with Crippen LogP contribution < -0.4 is 0 Å². The van der Waals surface area contributed by atoms with E-state index in [1.807, 2.05) is 0 Å². The lowest BCUT2D eigenvalue weighted by molar-refractivity contribution is -0.137. The third-order valence-corrected chi connectivity index (χ3v) is 3.24. The third kappa shape index (κ3) is 2.51.